The molecule has 0 aromatic heterocycles. The SMILES string of the molecule is O=C1[C@@H]2[C@H](C(=O)N1Cc1ccccc1)[C@H]1C=C[C@H]2C12CC2. The lowest BCUT2D eigenvalue weighted by atomic mass is 9.85. The molecule has 21 heavy (non-hydrogen) atoms. The molecule has 0 radical (unpaired) electrons. The first-order valence-corrected chi connectivity index (χ1v) is 7.80. The summed E-state index contributed by atoms with van der Waals surface area (Å²) >= 11 is 0. The van der Waals surface area contributed by atoms with Gasteiger partial charge in [0.25, 0.3) is 0 Å². The molecular formula is C18H17NO2. The maximum Gasteiger partial charge on any atom is 0.234 e. The lowest BCUT2D eigenvalue weighted by molar-refractivity contribution is -0.141. The maximum atomic E-state index is 12.8. The molecule has 4 atom stereocenters. The molecule has 3 aliphatic carbocycles. The number of amides is 2. The highest BCUT2D eigenvalue weighted by atomic mass is 16.2. The number of hydrogen-bond acceptors (Lipinski definition) is 2. The third-order valence-corrected chi connectivity index (χ3v) is 6.13. The van der Waals surface area contributed by atoms with Crippen molar-refractivity contribution in [1.29, 1.82) is 0 Å². The topological polar surface area (TPSA) is 37.4 Å². The van der Waals surface area contributed by atoms with Gasteiger partial charge in [-0.1, -0.05) is 42.5 Å². The molecule has 3 nitrogen and oxygen atoms in total. The molecule has 2 bridgehead atoms. The highest BCUT2D eigenvalue weighted by Crippen LogP contribution is 2.73. The van der Waals surface area contributed by atoms with Crippen molar-refractivity contribution in [2.24, 2.45) is 29.1 Å². The quantitative estimate of drug-likeness (QED) is 0.616. The molecule has 5 rings (SSSR count). The lowest BCUT2D eigenvalue weighted by Crippen LogP contribution is -2.34. The van der Waals surface area contributed by atoms with Crippen LogP contribution in [0.15, 0.2) is 42.5 Å². The summed E-state index contributed by atoms with van der Waals surface area (Å²) in [6.07, 6.45) is 6.83. The van der Waals surface area contributed by atoms with Gasteiger partial charge < -0.3 is 0 Å². The molecule has 0 N–H and O–H groups in total. The van der Waals surface area contributed by atoms with E-state index in [1.807, 2.05) is 30.3 Å². The van der Waals surface area contributed by atoms with Crippen LogP contribution in [0.4, 0.5) is 0 Å². The van der Waals surface area contributed by atoms with Crippen molar-refractivity contribution >= 4 is 11.8 Å². The van der Waals surface area contributed by atoms with Crippen LogP contribution < -0.4 is 0 Å². The molecule has 106 valence electrons. The van der Waals surface area contributed by atoms with E-state index in [1.54, 1.807) is 0 Å². The second-order valence-corrected chi connectivity index (χ2v) is 6.97. The highest BCUT2D eigenvalue weighted by molar-refractivity contribution is 6.06. The number of nitrogens with zero attached hydrogens (tertiary/aromatic N) is 1. The van der Waals surface area contributed by atoms with Crippen molar-refractivity contribution < 1.29 is 9.59 Å². The zero-order valence-electron chi connectivity index (χ0n) is 11.7. The van der Waals surface area contributed by atoms with Crippen molar-refractivity contribution in [3.63, 3.8) is 0 Å². The monoisotopic (exact) mass is 279 g/mol. The first-order chi connectivity index (χ1) is 10.2. The lowest BCUT2D eigenvalue weighted by Gasteiger charge is -2.21. The number of rotatable bonds is 2. The van der Waals surface area contributed by atoms with E-state index in [2.05, 4.69) is 12.2 Å². The average Bonchev–Trinajstić information content (AvgIpc) is 3.11. The number of allylic oxidation sites excluding steroid dienone is 2. The van der Waals surface area contributed by atoms with E-state index in [0.717, 1.165) is 5.56 Å². The molecule has 1 aliphatic heterocycles. The van der Waals surface area contributed by atoms with Crippen molar-refractivity contribution in [1.82, 2.24) is 4.90 Å². The molecule has 1 spiro atoms. The van der Waals surface area contributed by atoms with Crippen LogP contribution in [0.25, 0.3) is 0 Å². The maximum absolute atomic E-state index is 12.8. The Labute approximate surface area is 123 Å². The Morgan fingerprint density at radius 3 is 2.05 bits per heavy atom. The first-order valence-electron chi connectivity index (χ1n) is 7.80. The van der Waals surface area contributed by atoms with E-state index in [0.29, 0.717) is 23.8 Å². The Kier molecular flexibility index (Phi) is 2.04. The summed E-state index contributed by atoms with van der Waals surface area (Å²) in [5.41, 5.74) is 1.32. The first kappa shape index (κ1) is 11.7. The third kappa shape index (κ3) is 1.30. The van der Waals surface area contributed by atoms with Gasteiger partial charge >= 0.3 is 0 Å². The minimum Gasteiger partial charge on any atom is -0.278 e. The number of imide groups is 1. The van der Waals surface area contributed by atoms with Crippen LogP contribution in [0.1, 0.15) is 18.4 Å². The molecule has 0 unspecified atom stereocenters. The van der Waals surface area contributed by atoms with E-state index in [-0.39, 0.29) is 23.7 Å². The van der Waals surface area contributed by atoms with Gasteiger partial charge in [-0.2, -0.15) is 0 Å². The summed E-state index contributed by atoms with van der Waals surface area (Å²) < 4.78 is 0. The van der Waals surface area contributed by atoms with Crippen LogP contribution in [-0.4, -0.2) is 16.7 Å². The summed E-state index contributed by atoms with van der Waals surface area (Å²) in [5, 5.41) is 0. The number of hydrogen-bond donors (Lipinski definition) is 0. The average molecular weight is 279 g/mol. The van der Waals surface area contributed by atoms with Crippen molar-refractivity contribution in [3.8, 4) is 0 Å². The summed E-state index contributed by atoms with van der Waals surface area (Å²) in [6.45, 7) is 0.429. The highest BCUT2D eigenvalue weighted by Gasteiger charge is 2.73. The number of carbonyl (C=O) groups excluding carboxylic acids is 2. The van der Waals surface area contributed by atoms with Gasteiger partial charge in [0.05, 0.1) is 18.4 Å². The summed E-state index contributed by atoms with van der Waals surface area (Å²) in [7, 11) is 0. The van der Waals surface area contributed by atoms with Crippen LogP contribution in [0.3, 0.4) is 0 Å². The zero-order chi connectivity index (χ0) is 14.2. The minimum absolute atomic E-state index is 0.0666. The summed E-state index contributed by atoms with van der Waals surface area (Å²) in [4.78, 5) is 27.1. The number of fused-ring (bicyclic) bond motifs is 3. The fraction of sp³-hybridized carbons (Fsp3) is 0.444. The molecule has 1 heterocycles. The molecule has 4 aliphatic rings. The van der Waals surface area contributed by atoms with E-state index >= 15 is 0 Å². The van der Waals surface area contributed by atoms with Gasteiger partial charge in [-0.3, -0.25) is 14.5 Å². The normalized spacial score (nSPS) is 37.6. The molecule has 1 saturated heterocycles. The number of benzene rings is 1. The Morgan fingerprint density at radius 2 is 1.52 bits per heavy atom. The molecule has 1 aromatic carbocycles. The van der Waals surface area contributed by atoms with Gasteiger partial charge in [0, 0.05) is 0 Å². The molecule has 2 saturated carbocycles. The Morgan fingerprint density at radius 1 is 0.952 bits per heavy atom. The second kappa shape index (κ2) is 3.65. The molecule has 2 amide bonds. The van der Waals surface area contributed by atoms with Gasteiger partial charge in [-0.15, -0.1) is 0 Å². The summed E-state index contributed by atoms with van der Waals surface area (Å²) in [5.74, 6) is 0.640. The Balaban J connectivity index is 1.48. The van der Waals surface area contributed by atoms with Gasteiger partial charge in [0.15, 0.2) is 0 Å². The van der Waals surface area contributed by atoms with Crippen molar-refractivity contribution in [2.75, 3.05) is 0 Å². The smallest absolute Gasteiger partial charge is 0.234 e. The predicted molar refractivity (Wildman–Crippen MR) is 76.8 cm³/mol. The van der Waals surface area contributed by atoms with E-state index < -0.39 is 0 Å². The predicted octanol–water partition coefficient (Wildman–Crippen LogP) is 2.38. The fourth-order valence-electron chi connectivity index (χ4n) is 5.06. The van der Waals surface area contributed by atoms with Crippen LogP contribution in [0.5, 0.6) is 0 Å². The van der Waals surface area contributed by atoms with Gasteiger partial charge in [-0.05, 0) is 35.7 Å². The van der Waals surface area contributed by atoms with E-state index in [1.165, 1.54) is 17.7 Å². The number of carbonyl (C=O) groups is 2. The molecule has 3 heteroatoms. The van der Waals surface area contributed by atoms with Gasteiger partial charge in [0.1, 0.15) is 0 Å². The fourth-order valence-corrected chi connectivity index (χ4v) is 5.06. The van der Waals surface area contributed by atoms with Crippen LogP contribution in [-0.2, 0) is 16.1 Å². The molecule has 3 fully saturated rings. The van der Waals surface area contributed by atoms with E-state index in [9.17, 15) is 9.59 Å². The van der Waals surface area contributed by atoms with Crippen LogP contribution >= 0.6 is 0 Å². The van der Waals surface area contributed by atoms with E-state index in [4.69, 9.17) is 0 Å². The van der Waals surface area contributed by atoms with Crippen LogP contribution in [0, 0.1) is 29.1 Å². The molecule has 1 aromatic rings. The Hall–Kier alpha value is -1.90. The zero-order valence-corrected chi connectivity index (χ0v) is 11.7. The van der Waals surface area contributed by atoms with Crippen molar-refractivity contribution in [3.05, 3.63) is 48.0 Å². The minimum atomic E-state index is -0.0706. The summed E-state index contributed by atoms with van der Waals surface area (Å²) in [6, 6.07) is 9.80. The van der Waals surface area contributed by atoms with Gasteiger partial charge in [0.2, 0.25) is 11.8 Å². The van der Waals surface area contributed by atoms with Crippen molar-refractivity contribution in [2.45, 2.75) is 19.4 Å². The standard InChI is InChI=1S/C18H17NO2/c20-16-14-12-6-7-13(18(12)8-9-18)15(14)17(21)19(16)10-11-4-2-1-3-5-11/h1-7,12-15H,8-10H2/t12-,13-,14-,15+/m1/s1. The Bertz CT molecular complexity index is 640. The van der Waals surface area contributed by atoms with Crippen LogP contribution in [0.2, 0.25) is 0 Å². The number of likely N-dealkylation sites (tertiary alicyclic amines) is 1. The van der Waals surface area contributed by atoms with Gasteiger partial charge in [-0.25, -0.2) is 0 Å². The largest absolute Gasteiger partial charge is 0.278 e. The molecular weight excluding hydrogens is 262 g/mol. The second-order valence-electron chi connectivity index (χ2n) is 6.97. The third-order valence-electron chi connectivity index (χ3n) is 6.13.